The Morgan fingerprint density at radius 3 is 2.42 bits per heavy atom. The summed E-state index contributed by atoms with van der Waals surface area (Å²) in [5.41, 5.74) is 0.667. The molecule has 0 radical (unpaired) electrons. The number of hydrogen-bond acceptors (Lipinski definition) is 2. The maximum atomic E-state index is 12.1. The van der Waals surface area contributed by atoms with E-state index in [1.54, 1.807) is 6.07 Å². The van der Waals surface area contributed by atoms with Crippen LogP contribution in [0.3, 0.4) is 0 Å². The predicted molar refractivity (Wildman–Crippen MR) is 78.8 cm³/mol. The van der Waals surface area contributed by atoms with Crippen LogP contribution in [0.1, 0.15) is 13.8 Å². The molecule has 2 rings (SSSR count). The quantitative estimate of drug-likeness (QED) is 0.905. The zero-order chi connectivity index (χ0) is 13.8. The van der Waals surface area contributed by atoms with E-state index in [4.69, 9.17) is 11.6 Å². The van der Waals surface area contributed by atoms with Crippen LogP contribution < -0.4 is 5.32 Å². The Morgan fingerprint density at radius 2 is 1.84 bits per heavy atom. The molecule has 19 heavy (non-hydrogen) atoms. The van der Waals surface area contributed by atoms with Crippen molar-refractivity contribution in [1.29, 1.82) is 0 Å². The average Bonchev–Trinajstić information content (AvgIpc) is 2.41. The Labute approximate surface area is 119 Å². The highest BCUT2D eigenvalue weighted by atomic mass is 35.5. The van der Waals surface area contributed by atoms with Gasteiger partial charge >= 0.3 is 6.03 Å². The number of halogens is 1. The number of nitrogens with one attached hydrogen (secondary N) is 1. The van der Waals surface area contributed by atoms with Crippen molar-refractivity contribution in [2.75, 3.05) is 31.5 Å². The van der Waals surface area contributed by atoms with Gasteiger partial charge in [-0.1, -0.05) is 23.7 Å². The Kier molecular flexibility index (Phi) is 4.66. The molecule has 4 nitrogen and oxygen atoms in total. The van der Waals surface area contributed by atoms with Crippen molar-refractivity contribution < 1.29 is 4.79 Å². The third-order valence-corrected chi connectivity index (χ3v) is 3.78. The number of carbonyl (C=O) groups excluding carboxylic acids is 1. The summed E-state index contributed by atoms with van der Waals surface area (Å²) in [4.78, 5) is 16.3. The van der Waals surface area contributed by atoms with E-state index in [1.807, 2.05) is 23.1 Å². The van der Waals surface area contributed by atoms with Gasteiger partial charge in [0.1, 0.15) is 0 Å². The third-order valence-electron chi connectivity index (χ3n) is 3.45. The van der Waals surface area contributed by atoms with E-state index in [9.17, 15) is 4.79 Å². The van der Waals surface area contributed by atoms with E-state index in [1.165, 1.54) is 0 Å². The predicted octanol–water partition coefficient (Wildman–Crippen LogP) is 2.90. The first-order chi connectivity index (χ1) is 9.08. The van der Waals surface area contributed by atoms with E-state index in [0.29, 0.717) is 16.8 Å². The smallest absolute Gasteiger partial charge is 0.321 e. The first kappa shape index (κ1) is 14.2. The van der Waals surface area contributed by atoms with Gasteiger partial charge in [0.15, 0.2) is 0 Å². The second-order valence-electron chi connectivity index (χ2n) is 5.03. The third kappa shape index (κ3) is 3.61. The number of amides is 2. The van der Waals surface area contributed by atoms with Crippen molar-refractivity contribution in [3.05, 3.63) is 29.3 Å². The minimum absolute atomic E-state index is 0.0727. The van der Waals surface area contributed by atoms with E-state index in [2.05, 4.69) is 24.1 Å². The molecule has 2 amide bonds. The van der Waals surface area contributed by atoms with Crippen LogP contribution in [0, 0.1) is 0 Å². The lowest BCUT2D eigenvalue weighted by atomic mass is 10.2. The molecule has 1 aromatic carbocycles. The minimum atomic E-state index is -0.0727. The monoisotopic (exact) mass is 281 g/mol. The van der Waals surface area contributed by atoms with Gasteiger partial charge in [-0.15, -0.1) is 0 Å². The van der Waals surface area contributed by atoms with Gasteiger partial charge in [-0.05, 0) is 26.0 Å². The van der Waals surface area contributed by atoms with Crippen LogP contribution in [0.15, 0.2) is 24.3 Å². The average molecular weight is 282 g/mol. The number of nitrogens with zero attached hydrogens (tertiary/aromatic N) is 2. The Morgan fingerprint density at radius 1 is 1.21 bits per heavy atom. The lowest BCUT2D eigenvalue weighted by Crippen LogP contribution is -2.51. The SMILES string of the molecule is CC(C)N1CCN(C(=O)Nc2ccccc2Cl)CC1. The van der Waals surface area contributed by atoms with Gasteiger partial charge in [0, 0.05) is 32.2 Å². The second kappa shape index (κ2) is 6.26. The fraction of sp³-hybridized carbons (Fsp3) is 0.500. The summed E-state index contributed by atoms with van der Waals surface area (Å²) >= 11 is 6.03. The summed E-state index contributed by atoms with van der Waals surface area (Å²) in [5.74, 6) is 0. The number of piperazine rings is 1. The highest BCUT2D eigenvalue weighted by Crippen LogP contribution is 2.21. The molecule has 0 aliphatic carbocycles. The lowest BCUT2D eigenvalue weighted by Gasteiger charge is -2.36. The molecule has 0 aromatic heterocycles. The van der Waals surface area contributed by atoms with E-state index < -0.39 is 0 Å². The van der Waals surface area contributed by atoms with Crippen molar-refractivity contribution in [1.82, 2.24) is 9.80 Å². The maximum absolute atomic E-state index is 12.1. The van der Waals surface area contributed by atoms with Gasteiger partial charge in [0.2, 0.25) is 0 Å². The zero-order valence-corrected chi connectivity index (χ0v) is 12.2. The fourth-order valence-corrected chi connectivity index (χ4v) is 2.38. The highest BCUT2D eigenvalue weighted by molar-refractivity contribution is 6.33. The van der Waals surface area contributed by atoms with Gasteiger partial charge in [0.25, 0.3) is 0 Å². The molecule has 1 heterocycles. The number of hydrogen-bond donors (Lipinski definition) is 1. The molecule has 1 N–H and O–H groups in total. The molecule has 1 aliphatic rings. The summed E-state index contributed by atoms with van der Waals surface area (Å²) in [6.07, 6.45) is 0. The van der Waals surface area contributed by atoms with E-state index in [-0.39, 0.29) is 6.03 Å². The molecule has 0 atom stereocenters. The van der Waals surface area contributed by atoms with Crippen molar-refractivity contribution in [3.8, 4) is 0 Å². The van der Waals surface area contributed by atoms with Crippen molar-refractivity contribution in [2.24, 2.45) is 0 Å². The van der Waals surface area contributed by atoms with Gasteiger partial charge in [-0.2, -0.15) is 0 Å². The Balaban J connectivity index is 1.90. The molecule has 1 aliphatic heterocycles. The lowest BCUT2D eigenvalue weighted by molar-refractivity contribution is 0.125. The number of anilines is 1. The topological polar surface area (TPSA) is 35.6 Å². The van der Waals surface area contributed by atoms with Crippen LogP contribution in [0.5, 0.6) is 0 Å². The van der Waals surface area contributed by atoms with Gasteiger partial charge in [0.05, 0.1) is 10.7 Å². The standard InChI is InChI=1S/C14H20ClN3O/c1-11(2)17-7-9-18(10-8-17)14(19)16-13-6-4-3-5-12(13)15/h3-6,11H,7-10H2,1-2H3,(H,16,19). The van der Waals surface area contributed by atoms with E-state index >= 15 is 0 Å². The van der Waals surface area contributed by atoms with Crippen LogP contribution >= 0.6 is 11.6 Å². The molecular weight excluding hydrogens is 262 g/mol. The van der Waals surface area contributed by atoms with Crippen LogP contribution in [-0.4, -0.2) is 48.1 Å². The minimum Gasteiger partial charge on any atom is -0.322 e. The number of carbonyl (C=O) groups is 1. The van der Waals surface area contributed by atoms with Gasteiger partial charge in [-0.25, -0.2) is 4.79 Å². The molecule has 0 saturated carbocycles. The molecule has 1 fully saturated rings. The zero-order valence-electron chi connectivity index (χ0n) is 11.4. The normalized spacial score (nSPS) is 16.7. The number of benzene rings is 1. The molecule has 104 valence electrons. The summed E-state index contributed by atoms with van der Waals surface area (Å²) in [7, 11) is 0. The van der Waals surface area contributed by atoms with Crippen LogP contribution in [0.25, 0.3) is 0 Å². The van der Waals surface area contributed by atoms with Gasteiger partial charge in [-0.3, -0.25) is 4.90 Å². The van der Waals surface area contributed by atoms with E-state index in [0.717, 1.165) is 26.2 Å². The summed E-state index contributed by atoms with van der Waals surface area (Å²) in [6.45, 7) is 7.73. The molecule has 5 heteroatoms. The molecule has 1 aromatic rings. The molecule has 0 bridgehead atoms. The highest BCUT2D eigenvalue weighted by Gasteiger charge is 2.22. The van der Waals surface area contributed by atoms with Crippen molar-refractivity contribution in [3.63, 3.8) is 0 Å². The van der Waals surface area contributed by atoms with Crippen molar-refractivity contribution in [2.45, 2.75) is 19.9 Å². The molecule has 0 spiro atoms. The van der Waals surface area contributed by atoms with Crippen molar-refractivity contribution >= 4 is 23.3 Å². The molecule has 1 saturated heterocycles. The number of para-hydroxylation sites is 1. The molecular formula is C14H20ClN3O. The van der Waals surface area contributed by atoms with Crippen LogP contribution in [-0.2, 0) is 0 Å². The Hall–Kier alpha value is -1.26. The number of urea groups is 1. The number of rotatable bonds is 2. The second-order valence-corrected chi connectivity index (χ2v) is 5.43. The first-order valence-electron chi connectivity index (χ1n) is 6.62. The summed E-state index contributed by atoms with van der Waals surface area (Å²) in [5, 5.41) is 3.43. The maximum Gasteiger partial charge on any atom is 0.321 e. The van der Waals surface area contributed by atoms with Crippen LogP contribution in [0.4, 0.5) is 10.5 Å². The Bertz CT molecular complexity index is 442. The largest absolute Gasteiger partial charge is 0.322 e. The molecule has 0 unspecified atom stereocenters. The van der Waals surface area contributed by atoms with Gasteiger partial charge < -0.3 is 10.2 Å². The summed E-state index contributed by atoms with van der Waals surface area (Å²) in [6, 6.07) is 7.75. The summed E-state index contributed by atoms with van der Waals surface area (Å²) < 4.78 is 0. The first-order valence-corrected chi connectivity index (χ1v) is 7.00. The fourth-order valence-electron chi connectivity index (χ4n) is 2.20. The van der Waals surface area contributed by atoms with Crippen LogP contribution in [0.2, 0.25) is 5.02 Å².